The monoisotopic (exact) mass is 252 g/mol. The first-order valence-electron chi connectivity index (χ1n) is 8.45. The van der Waals surface area contributed by atoms with E-state index in [0.717, 1.165) is 24.4 Å². The summed E-state index contributed by atoms with van der Waals surface area (Å²) in [5, 5.41) is 0. The van der Waals surface area contributed by atoms with Gasteiger partial charge in [0.15, 0.2) is 0 Å². The molecule has 2 aliphatic rings. The number of rotatable bonds is 5. The van der Waals surface area contributed by atoms with E-state index < -0.39 is 0 Å². The zero-order valence-corrected chi connectivity index (χ0v) is 12.5. The van der Waals surface area contributed by atoms with E-state index in [1.165, 1.54) is 64.2 Å². The molecule has 2 fully saturated rings. The highest BCUT2D eigenvalue weighted by Crippen LogP contribution is 2.41. The Kier molecular flexibility index (Phi) is 6.01. The summed E-state index contributed by atoms with van der Waals surface area (Å²) in [6, 6.07) is 0. The second-order valence-electron chi connectivity index (χ2n) is 6.60. The fourth-order valence-corrected chi connectivity index (χ4v) is 4.08. The van der Waals surface area contributed by atoms with E-state index in [2.05, 4.69) is 13.8 Å². The molecular formula is C17H32O. The van der Waals surface area contributed by atoms with Gasteiger partial charge in [-0.2, -0.15) is 0 Å². The van der Waals surface area contributed by atoms with Gasteiger partial charge in [-0.15, -0.1) is 0 Å². The maximum absolute atomic E-state index is 5.90. The quantitative estimate of drug-likeness (QED) is 0.654. The minimum Gasteiger partial charge on any atom is -0.378 e. The second kappa shape index (κ2) is 7.53. The lowest BCUT2D eigenvalue weighted by Crippen LogP contribution is -2.28. The Morgan fingerprint density at radius 3 is 1.83 bits per heavy atom. The molecule has 0 heterocycles. The van der Waals surface area contributed by atoms with Gasteiger partial charge in [0.25, 0.3) is 0 Å². The highest BCUT2D eigenvalue weighted by Gasteiger charge is 2.30. The third kappa shape index (κ3) is 3.98. The van der Waals surface area contributed by atoms with Gasteiger partial charge in [0.2, 0.25) is 0 Å². The minimum absolute atomic E-state index is 0.591. The molecule has 0 N–H and O–H groups in total. The highest BCUT2D eigenvalue weighted by atomic mass is 16.5. The molecule has 0 atom stereocenters. The summed E-state index contributed by atoms with van der Waals surface area (Å²) in [7, 11) is 0. The lowest BCUT2D eigenvalue weighted by atomic mass is 9.70. The first kappa shape index (κ1) is 14.4. The van der Waals surface area contributed by atoms with Crippen LogP contribution in [0.15, 0.2) is 0 Å². The maximum atomic E-state index is 5.90. The van der Waals surface area contributed by atoms with Gasteiger partial charge in [-0.05, 0) is 62.7 Å². The van der Waals surface area contributed by atoms with Crippen molar-refractivity contribution in [1.82, 2.24) is 0 Å². The van der Waals surface area contributed by atoms with Crippen molar-refractivity contribution in [3.8, 4) is 0 Å². The normalized spacial score (nSPS) is 37.7. The Balaban J connectivity index is 1.67. The van der Waals surface area contributed by atoms with E-state index in [4.69, 9.17) is 4.74 Å². The Morgan fingerprint density at radius 1 is 0.778 bits per heavy atom. The average Bonchev–Trinajstić information content (AvgIpc) is 2.46. The van der Waals surface area contributed by atoms with Gasteiger partial charge < -0.3 is 4.74 Å². The molecule has 18 heavy (non-hydrogen) atoms. The van der Waals surface area contributed by atoms with E-state index in [1.807, 2.05) is 0 Å². The van der Waals surface area contributed by atoms with Crippen LogP contribution in [0.5, 0.6) is 0 Å². The van der Waals surface area contributed by atoms with Crippen molar-refractivity contribution in [3.63, 3.8) is 0 Å². The molecule has 0 saturated heterocycles. The molecule has 0 bridgehead atoms. The number of ether oxygens (including phenoxy) is 1. The SMILES string of the molecule is CCCO[C@H]1CC[C@H](C2CCC(CC)CC2)CC1. The minimum atomic E-state index is 0.591. The Hall–Kier alpha value is -0.0400. The predicted octanol–water partition coefficient (Wildman–Crippen LogP) is 5.19. The standard InChI is InChI=1S/C17H32O/c1-3-13-18-17-11-9-16(10-12-17)15-7-5-14(4-2)6-8-15/h14-17H,3-13H2,1-2H3/t14?,15?,16-,17-. The largest absolute Gasteiger partial charge is 0.378 e. The summed E-state index contributed by atoms with van der Waals surface area (Å²) in [6.45, 7) is 5.54. The van der Waals surface area contributed by atoms with Gasteiger partial charge >= 0.3 is 0 Å². The van der Waals surface area contributed by atoms with Gasteiger partial charge in [0.1, 0.15) is 0 Å². The van der Waals surface area contributed by atoms with Crippen LogP contribution in [0, 0.1) is 17.8 Å². The van der Waals surface area contributed by atoms with Crippen LogP contribution < -0.4 is 0 Å². The van der Waals surface area contributed by atoms with Crippen LogP contribution in [0.2, 0.25) is 0 Å². The van der Waals surface area contributed by atoms with Crippen LogP contribution in [0.1, 0.15) is 78.1 Å². The first-order chi connectivity index (χ1) is 8.83. The van der Waals surface area contributed by atoms with Crippen molar-refractivity contribution in [2.45, 2.75) is 84.2 Å². The Bertz CT molecular complexity index is 210. The Labute approximate surface area is 114 Å². The molecule has 2 aliphatic carbocycles. The van der Waals surface area contributed by atoms with E-state index in [-0.39, 0.29) is 0 Å². The van der Waals surface area contributed by atoms with Crippen LogP contribution >= 0.6 is 0 Å². The third-order valence-corrected chi connectivity index (χ3v) is 5.41. The van der Waals surface area contributed by atoms with Crippen LogP contribution in [-0.2, 0) is 4.74 Å². The topological polar surface area (TPSA) is 9.23 Å². The maximum Gasteiger partial charge on any atom is 0.0575 e. The summed E-state index contributed by atoms with van der Waals surface area (Å²) >= 11 is 0. The summed E-state index contributed by atoms with van der Waals surface area (Å²) < 4.78 is 5.90. The number of hydrogen-bond acceptors (Lipinski definition) is 1. The van der Waals surface area contributed by atoms with E-state index in [9.17, 15) is 0 Å². The van der Waals surface area contributed by atoms with Gasteiger partial charge in [0.05, 0.1) is 6.10 Å². The first-order valence-corrected chi connectivity index (χ1v) is 8.45. The molecule has 106 valence electrons. The third-order valence-electron chi connectivity index (χ3n) is 5.41. The van der Waals surface area contributed by atoms with Gasteiger partial charge in [-0.1, -0.05) is 33.1 Å². The fraction of sp³-hybridized carbons (Fsp3) is 1.00. The van der Waals surface area contributed by atoms with Crippen LogP contribution in [-0.4, -0.2) is 12.7 Å². The van der Waals surface area contributed by atoms with Crippen molar-refractivity contribution < 1.29 is 4.74 Å². The molecule has 0 aliphatic heterocycles. The van der Waals surface area contributed by atoms with Crippen molar-refractivity contribution in [2.75, 3.05) is 6.61 Å². The van der Waals surface area contributed by atoms with Crippen LogP contribution in [0.25, 0.3) is 0 Å². The van der Waals surface area contributed by atoms with Crippen LogP contribution in [0.4, 0.5) is 0 Å². The molecule has 0 amide bonds. The van der Waals surface area contributed by atoms with Gasteiger partial charge in [-0.3, -0.25) is 0 Å². The molecule has 2 saturated carbocycles. The zero-order chi connectivity index (χ0) is 12.8. The average molecular weight is 252 g/mol. The summed E-state index contributed by atoms with van der Waals surface area (Å²) in [6.07, 6.45) is 14.8. The summed E-state index contributed by atoms with van der Waals surface area (Å²) in [5.41, 5.74) is 0. The smallest absolute Gasteiger partial charge is 0.0575 e. The molecule has 0 aromatic heterocycles. The van der Waals surface area contributed by atoms with Crippen molar-refractivity contribution in [3.05, 3.63) is 0 Å². The van der Waals surface area contributed by atoms with E-state index in [0.29, 0.717) is 6.10 Å². The summed E-state index contributed by atoms with van der Waals surface area (Å²) in [4.78, 5) is 0. The molecule has 0 radical (unpaired) electrons. The Morgan fingerprint density at radius 2 is 1.33 bits per heavy atom. The lowest BCUT2D eigenvalue weighted by Gasteiger charge is -2.37. The molecule has 1 nitrogen and oxygen atoms in total. The zero-order valence-electron chi connectivity index (χ0n) is 12.5. The van der Waals surface area contributed by atoms with Gasteiger partial charge in [0, 0.05) is 6.61 Å². The molecule has 2 rings (SSSR count). The molecule has 1 heteroatoms. The van der Waals surface area contributed by atoms with Crippen molar-refractivity contribution in [2.24, 2.45) is 17.8 Å². The molecule has 0 aromatic carbocycles. The number of hydrogen-bond donors (Lipinski definition) is 0. The fourth-order valence-electron chi connectivity index (χ4n) is 4.08. The summed E-state index contributed by atoms with van der Waals surface area (Å²) in [5.74, 6) is 3.13. The van der Waals surface area contributed by atoms with Gasteiger partial charge in [-0.25, -0.2) is 0 Å². The van der Waals surface area contributed by atoms with Crippen molar-refractivity contribution >= 4 is 0 Å². The molecule has 0 unspecified atom stereocenters. The van der Waals surface area contributed by atoms with Crippen molar-refractivity contribution in [1.29, 1.82) is 0 Å². The molecule has 0 aromatic rings. The highest BCUT2D eigenvalue weighted by molar-refractivity contribution is 4.82. The lowest BCUT2D eigenvalue weighted by molar-refractivity contribution is 0.00736. The predicted molar refractivity (Wildman–Crippen MR) is 77.7 cm³/mol. The van der Waals surface area contributed by atoms with E-state index in [1.54, 1.807) is 0 Å². The molecular weight excluding hydrogens is 220 g/mol. The van der Waals surface area contributed by atoms with Crippen LogP contribution in [0.3, 0.4) is 0 Å². The molecule has 0 spiro atoms. The van der Waals surface area contributed by atoms with E-state index >= 15 is 0 Å². The second-order valence-corrected chi connectivity index (χ2v) is 6.60.